The van der Waals surface area contributed by atoms with Crippen LogP contribution in [0.3, 0.4) is 0 Å². The summed E-state index contributed by atoms with van der Waals surface area (Å²) < 4.78 is 6.56. The molecule has 0 saturated carbocycles. The Hall–Kier alpha value is -1.29. The minimum atomic E-state index is 0.573. The number of benzene rings is 1. The summed E-state index contributed by atoms with van der Waals surface area (Å²) in [6, 6.07) is 8.87. The predicted molar refractivity (Wildman–Crippen MR) is 67.6 cm³/mol. The highest BCUT2D eigenvalue weighted by atomic mass is 79.9. The molecule has 0 radical (unpaired) electrons. The van der Waals surface area contributed by atoms with E-state index in [1.165, 1.54) is 5.56 Å². The first-order valence-corrected chi connectivity index (χ1v) is 5.94. The Labute approximate surface area is 103 Å². The van der Waals surface area contributed by atoms with Gasteiger partial charge in [-0.3, -0.25) is 0 Å². The fraction of sp³-hybridized carbons (Fsp3) is 0.250. The number of nitrogens with zero attached hydrogens (tertiary/aromatic N) is 1. The van der Waals surface area contributed by atoms with Crippen molar-refractivity contribution in [3.8, 4) is 0 Å². The van der Waals surface area contributed by atoms with Gasteiger partial charge in [0.2, 0.25) is 0 Å². The second-order valence-electron chi connectivity index (χ2n) is 3.51. The van der Waals surface area contributed by atoms with E-state index in [4.69, 9.17) is 4.42 Å². The van der Waals surface area contributed by atoms with Crippen LogP contribution in [-0.2, 0) is 12.8 Å². The normalized spacial score (nSPS) is 10.4. The molecule has 1 aromatic carbocycles. The molecule has 0 aliphatic carbocycles. The lowest BCUT2D eigenvalue weighted by Crippen LogP contribution is -1.89. The summed E-state index contributed by atoms with van der Waals surface area (Å²) in [6.45, 7) is 0. The molecule has 0 unspecified atom stereocenters. The monoisotopic (exact) mass is 280 g/mol. The SMILES string of the molecule is CNc1ncc(CCc2cccc(Br)c2)o1. The lowest BCUT2D eigenvalue weighted by Gasteiger charge is -1.99. The number of nitrogens with one attached hydrogen (secondary N) is 1. The van der Waals surface area contributed by atoms with Gasteiger partial charge in [-0.2, -0.15) is 0 Å². The third kappa shape index (κ3) is 2.85. The van der Waals surface area contributed by atoms with E-state index >= 15 is 0 Å². The third-order valence-corrected chi connectivity index (χ3v) is 2.81. The Balaban J connectivity index is 1.96. The third-order valence-electron chi connectivity index (χ3n) is 2.32. The summed E-state index contributed by atoms with van der Waals surface area (Å²) in [5.74, 6) is 0.907. The molecule has 0 amide bonds. The molecule has 84 valence electrons. The number of halogens is 1. The molecule has 1 aromatic heterocycles. The van der Waals surface area contributed by atoms with Crippen molar-refractivity contribution in [1.29, 1.82) is 0 Å². The van der Waals surface area contributed by atoms with Gasteiger partial charge in [0.05, 0.1) is 6.20 Å². The van der Waals surface area contributed by atoms with Crippen molar-refractivity contribution in [3.63, 3.8) is 0 Å². The quantitative estimate of drug-likeness (QED) is 0.934. The van der Waals surface area contributed by atoms with Gasteiger partial charge in [-0.05, 0) is 24.1 Å². The topological polar surface area (TPSA) is 38.1 Å². The van der Waals surface area contributed by atoms with Crippen LogP contribution < -0.4 is 5.32 Å². The minimum absolute atomic E-state index is 0.573. The van der Waals surface area contributed by atoms with Crippen LogP contribution in [0.4, 0.5) is 6.01 Å². The van der Waals surface area contributed by atoms with Crippen molar-refractivity contribution in [2.75, 3.05) is 12.4 Å². The molecule has 1 heterocycles. The predicted octanol–water partition coefficient (Wildman–Crippen LogP) is 3.26. The van der Waals surface area contributed by atoms with Crippen LogP contribution in [0.2, 0.25) is 0 Å². The number of hydrogen-bond acceptors (Lipinski definition) is 3. The number of hydrogen-bond donors (Lipinski definition) is 1. The second-order valence-corrected chi connectivity index (χ2v) is 4.43. The summed E-state index contributed by atoms with van der Waals surface area (Å²) in [5, 5.41) is 2.87. The Morgan fingerprint density at radius 2 is 2.25 bits per heavy atom. The van der Waals surface area contributed by atoms with E-state index in [9.17, 15) is 0 Å². The largest absolute Gasteiger partial charge is 0.429 e. The van der Waals surface area contributed by atoms with Crippen LogP contribution in [0, 0.1) is 0 Å². The summed E-state index contributed by atoms with van der Waals surface area (Å²) in [4.78, 5) is 4.08. The lowest BCUT2D eigenvalue weighted by molar-refractivity contribution is 0.518. The van der Waals surface area contributed by atoms with E-state index in [-0.39, 0.29) is 0 Å². The lowest BCUT2D eigenvalue weighted by atomic mass is 10.1. The highest BCUT2D eigenvalue weighted by Crippen LogP contribution is 2.15. The summed E-state index contributed by atoms with van der Waals surface area (Å²) in [7, 11) is 1.80. The van der Waals surface area contributed by atoms with Crippen LogP contribution in [0.1, 0.15) is 11.3 Å². The highest BCUT2D eigenvalue weighted by Gasteiger charge is 2.02. The molecule has 2 aromatic rings. The van der Waals surface area contributed by atoms with E-state index in [1.807, 2.05) is 12.1 Å². The Bertz CT molecular complexity index is 468. The molecule has 0 fully saturated rings. The molecule has 1 N–H and O–H groups in total. The van der Waals surface area contributed by atoms with E-state index in [0.717, 1.165) is 23.1 Å². The van der Waals surface area contributed by atoms with E-state index in [1.54, 1.807) is 13.2 Å². The molecule has 16 heavy (non-hydrogen) atoms. The van der Waals surface area contributed by atoms with Gasteiger partial charge in [-0.1, -0.05) is 28.1 Å². The first-order chi connectivity index (χ1) is 7.78. The molecule has 0 atom stereocenters. The Morgan fingerprint density at radius 1 is 1.38 bits per heavy atom. The van der Waals surface area contributed by atoms with E-state index < -0.39 is 0 Å². The van der Waals surface area contributed by atoms with Crippen molar-refractivity contribution in [2.45, 2.75) is 12.8 Å². The van der Waals surface area contributed by atoms with Crippen molar-refractivity contribution >= 4 is 21.9 Å². The number of anilines is 1. The van der Waals surface area contributed by atoms with Crippen LogP contribution in [0.15, 0.2) is 39.4 Å². The maximum Gasteiger partial charge on any atom is 0.294 e. The molecule has 0 saturated heterocycles. The smallest absolute Gasteiger partial charge is 0.294 e. The Morgan fingerprint density at radius 3 is 2.94 bits per heavy atom. The molecule has 3 nitrogen and oxygen atoms in total. The zero-order valence-corrected chi connectivity index (χ0v) is 10.6. The summed E-state index contributed by atoms with van der Waals surface area (Å²) in [5.41, 5.74) is 1.29. The van der Waals surface area contributed by atoms with E-state index in [0.29, 0.717) is 6.01 Å². The molecular weight excluding hydrogens is 268 g/mol. The van der Waals surface area contributed by atoms with Crippen LogP contribution in [0.25, 0.3) is 0 Å². The average molecular weight is 281 g/mol. The molecule has 0 aliphatic heterocycles. The van der Waals surface area contributed by atoms with Gasteiger partial charge < -0.3 is 9.73 Å². The molecule has 2 rings (SSSR count). The first-order valence-electron chi connectivity index (χ1n) is 5.15. The standard InChI is InChI=1S/C12H13BrN2O/c1-14-12-15-8-11(16-12)6-5-9-3-2-4-10(13)7-9/h2-4,7-8H,5-6H2,1H3,(H,14,15). The van der Waals surface area contributed by atoms with Gasteiger partial charge in [-0.15, -0.1) is 0 Å². The molecular formula is C12H13BrN2O. The van der Waals surface area contributed by atoms with Crippen LogP contribution in [-0.4, -0.2) is 12.0 Å². The van der Waals surface area contributed by atoms with Gasteiger partial charge >= 0.3 is 0 Å². The molecule has 4 heteroatoms. The van der Waals surface area contributed by atoms with Crippen molar-refractivity contribution in [1.82, 2.24) is 4.98 Å². The van der Waals surface area contributed by atoms with Gasteiger partial charge in [0, 0.05) is 17.9 Å². The maximum absolute atomic E-state index is 5.45. The van der Waals surface area contributed by atoms with Crippen molar-refractivity contribution in [2.24, 2.45) is 0 Å². The highest BCUT2D eigenvalue weighted by molar-refractivity contribution is 9.10. The fourth-order valence-corrected chi connectivity index (χ4v) is 1.95. The zero-order chi connectivity index (χ0) is 11.4. The van der Waals surface area contributed by atoms with Crippen molar-refractivity contribution < 1.29 is 4.42 Å². The summed E-state index contributed by atoms with van der Waals surface area (Å²) >= 11 is 3.46. The number of aromatic nitrogens is 1. The van der Waals surface area contributed by atoms with Gasteiger partial charge in [0.25, 0.3) is 6.01 Å². The molecule has 0 spiro atoms. The van der Waals surface area contributed by atoms with Crippen molar-refractivity contribution in [3.05, 3.63) is 46.3 Å². The first kappa shape index (κ1) is 11.2. The number of oxazole rings is 1. The minimum Gasteiger partial charge on any atom is -0.429 e. The van der Waals surface area contributed by atoms with E-state index in [2.05, 4.69) is 38.4 Å². The summed E-state index contributed by atoms with van der Waals surface area (Å²) in [6.07, 6.45) is 3.59. The second kappa shape index (κ2) is 5.16. The maximum atomic E-state index is 5.45. The van der Waals surface area contributed by atoms with Gasteiger partial charge in [0.1, 0.15) is 5.76 Å². The van der Waals surface area contributed by atoms with Crippen LogP contribution >= 0.6 is 15.9 Å². The van der Waals surface area contributed by atoms with Crippen LogP contribution in [0.5, 0.6) is 0 Å². The van der Waals surface area contributed by atoms with Gasteiger partial charge in [-0.25, -0.2) is 4.98 Å². The number of rotatable bonds is 4. The zero-order valence-electron chi connectivity index (χ0n) is 9.03. The molecule has 0 bridgehead atoms. The Kier molecular flexibility index (Phi) is 3.62. The number of aryl methyl sites for hydroxylation is 2. The van der Waals surface area contributed by atoms with Gasteiger partial charge in [0.15, 0.2) is 0 Å². The average Bonchev–Trinajstić information content (AvgIpc) is 2.74. The molecule has 0 aliphatic rings. The fourth-order valence-electron chi connectivity index (χ4n) is 1.50.